The van der Waals surface area contributed by atoms with Gasteiger partial charge in [-0.2, -0.15) is 0 Å². The zero-order valence-corrected chi connectivity index (χ0v) is 13.6. The Bertz CT molecular complexity index is 602. The second-order valence-corrected chi connectivity index (χ2v) is 6.79. The minimum atomic E-state index is -3.74. The van der Waals surface area contributed by atoms with Gasteiger partial charge in [-0.15, -0.1) is 0 Å². The molecule has 0 saturated carbocycles. The molecule has 0 saturated heterocycles. The topological polar surface area (TPSA) is 95.5 Å². The molecular weight excluding hydrogens is 348 g/mol. The summed E-state index contributed by atoms with van der Waals surface area (Å²) in [6.45, 7) is 2.63. The molecule has 20 heavy (non-hydrogen) atoms. The van der Waals surface area contributed by atoms with Crippen molar-refractivity contribution in [1.82, 2.24) is 10.0 Å². The van der Waals surface area contributed by atoms with Gasteiger partial charge in [-0.05, 0) is 60.6 Å². The minimum Gasteiger partial charge on any atom is -0.478 e. The Morgan fingerprint density at radius 3 is 2.55 bits per heavy atom. The SMILES string of the molecule is CNCCCNS(=O)(=O)c1cc(C(=O)O)cc(C)c1Br. The van der Waals surface area contributed by atoms with Crippen molar-refractivity contribution in [3.8, 4) is 0 Å². The molecular formula is C12H17BrN2O4S. The maximum Gasteiger partial charge on any atom is 0.335 e. The van der Waals surface area contributed by atoms with Gasteiger partial charge in [0, 0.05) is 11.0 Å². The summed E-state index contributed by atoms with van der Waals surface area (Å²) in [5.41, 5.74) is 0.502. The summed E-state index contributed by atoms with van der Waals surface area (Å²) in [5.74, 6) is -1.16. The van der Waals surface area contributed by atoms with Gasteiger partial charge in [0.25, 0.3) is 0 Å². The van der Waals surface area contributed by atoms with Gasteiger partial charge in [0.1, 0.15) is 0 Å². The lowest BCUT2D eigenvalue weighted by atomic mass is 10.1. The first-order valence-electron chi connectivity index (χ1n) is 5.97. The van der Waals surface area contributed by atoms with Gasteiger partial charge >= 0.3 is 5.97 Å². The molecule has 3 N–H and O–H groups in total. The average Bonchev–Trinajstić information content (AvgIpc) is 2.37. The fraction of sp³-hybridized carbons (Fsp3) is 0.417. The third-order valence-electron chi connectivity index (χ3n) is 2.65. The number of aromatic carboxylic acids is 1. The summed E-state index contributed by atoms with van der Waals surface area (Å²) < 4.78 is 27.2. The summed E-state index contributed by atoms with van der Waals surface area (Å²) >= 11 is 3.20. The second kappa shape index (κ2) is 7.16. The number of benzene rings is 1. The predicted molar refractivity (Wildman–Crippen MR) is 79.6 cm³/mol. The molecule has 1 aromatic rings. The molecule has 0 amide bonds. The van der Waals surface area contributed by atoms with Gasteiger partial charge in [0.15, 0.2) is 0 Å². The quantitative estimate of drug-likeness (QED) is 0.634. The van der Waals surface area contributed by atoms with Crippen LogP contribution in [0.3, 0.4) is 0 Å². The molecule has 0 fully saturated rings. The number of aryl methyl sites for hydroxylation is 1. The number of nitrogens with one attached hydrogen (secondary N) is 2. The van der Waals surface area contributed by atoms with E-state index in [9.17, 15) is 13.2 Å². The molecule has 0 aliphatic rings. The number of hydrogen-bond donors (Lipinski definition) is 3. The number of hydrogen-bond acceptors (Lipinski definition) is 4. The first-order valence-corrected chi connectivity index (χ1v) is 8.25. The van der Waals surface area contributed by atoms with E-state index in [1.165, 1.54) is 6.07 Å². The van der Waals surface area contributed by atoms with Gasteiger partial charge in [-0.1, -0.05) is 0 Å². The molecule has 0 radical (unpaired) electrons. The summed E-state index contributed by atoms with van der Waals surface area (Å²) in [6.07, 6.45) is 0.644. The maximum absolute atomic E-state index is 12.2. The zero-order chi connectivity index (χ0) is 15.3. The van der Waals surface area contributed by atoms with E-state index < -0.39 is 16.0 Å². The Hall–Kier alpha value is -0.960. The monoisotopic (exact) mass is 364 g/mol. The third kappa shape index (κ3) is 4.27. The Labute approximate surface area is 126 Å². The van der Waals surface area contributed by atoms with Crippen LogP contribution in [-0.2, 0) is 10.0 Å². The lowest BCUT2D eigenvalue weighted by molar-refractivity contribution is 0.0696. The molecule has 0 spiro atoms. The number of halogens is 1. The maximum atomic E-state index is 12.2. The predicted octanol–water partition coefficient (Wildman–Crippen LogP) is 1.34. The van der Waals surface area contributed by atoms with Crippen molar-refractivity contribution in [1.29, 1.82) is 0 Å². The highest BCUT2D eigenvalue weighted by molar-refractivity contribution is 9.10. The van der Waals surface area contributed by atoms with Gasteiger partial charge in [-0.25, -0.2) is 17.9 Å². The van der Waals surface area contributed by atoms with E-state index in [4.69, 9.17) is 5.11 Å². The summed E-state index contributed by atoms with van der Waals surface area (Å²) in [7, 11) is -1.96. The molecule has 1 rings (SSSR count). The molecule has 0 heterocycles. The first kappa shape index (κ1) is 17.1. The number of sulfonamides is 1. The molecule has 8 heteroatoms. The van der Waals surface area contributed by atoms with Gasteiger partial charge < -0.3 is 10.4 Å². The van der Waals surface area contributed by atoms with Gasteiger partial charge in [0.2, 0.25) is 10.0 Å². The van der Waals surface area contributed by atoms with Crippen molar-refractivity contribution in [2.45, 2.75) is 18.2 Å². The van der Waals surface area contributed by atoms with Crippen molar-refractivity contribution in [2.24, 2.45) is 0 Å². The van der Waals surface area contributed by atoms with Crippen molar-refractivity contribution < 1.29 is 18.3 Å². The molecule has 0 atom stereocenters. The largest absolute Gasteiger partial charge is 0.478 e. The van der Waals surface area contributed by atoms with E-state index in [-0.39, 0.29) is 17.0 Å². The van der Waals surface area contributed by atoms with Crippen LogP contribution in [0.2, 0.25) is 0 Å². The Balaban J connectivity index is 3.07. The van der Waals surface area contributed by atoms with Crippen molar-refractivity contribution >= 4 is 31.9 Å². The van der Waals surface area contributed by atoms with Crippen LogP contribution in [0.4, 0.5) is 0 Å². The lowest BCUT2D eigenvalue weighted by Gasteiger charge is -2.11. The van der Waals surface area contributed by atoms with E-state index in [2.05, 4.69) is 26.0 Å². The van der Waals surface area contributed by atoms with E-state index in [1.54, 1.807) is 14.0 Å². The lowest BCUT2D eigenvalue weighted by Crippen LogP contribution is -2.27. The van der Waals surface area contributed by atoms with Crippen LogP contribution >= 0.6 is 15.9 Å². The second-order valence-electron chi connectivity index (χ2n) is 4.27. The Kier molecular flexibility index (Phi) is 6.12. The van der Waals surface area contributed by atoms with Crippen molar-refractivity contribution in [3.05, 3.63) is 27.7 Å². The highest BCUT2D eigenvalue weighted by Gasteiger charge is 2.21. The molecule has 0 aromatic heterocycles. The van der Waals surface area contributed by atoms with Gasteiger partial charge in [0.05, 0.1) is 10.5 Å². The zero-order valence-electron chi connectivity index (χ0n) is 11.2. The van der Waals surface area contributed by atoms with Crippen LogP contribution in [0.5, 0.6) is 0 Å². The minimum absolute atomic E-state index is 0.0544. The van der Waals surface area contributed by atoms with E-state index in [1.807, 2.05) is 0 Å². The van der Waals surface area contributed by atoms with E-state index in [0.29, 0.717) is 23.0 Å². The smallest absolute Gasteiger partial charge is 0.335 e. The summed E-state index contributed by atoms with van der Waals surface area (Å²) in [4.78, 5) is 10.9. The van der Waals surface area contributed by atoms with Crippen LogP contribution in [0.15, 0.2) is 21.5 Å². The standard InChI is InChI=1S/C12H17BrN2O4S/c1-8-6-9(12(16)17)7-10(11(8)13)20(18,19)15-5-3-4-14-2/h6-7,14-15H,3-5H2,1-2H3,(H,16,17). The molecule has 6 nitrogen and oxygen atoms in total. The van der Waals surface area contributed by atoms with Crippen LogP contribution in [-0.4, -0.2) is 39.6 Å². The van der Waals surface area contributed by atoms with Crippen molar-refractivity contribution in [2.75, 3.05) is 20.1 Å². The van der Waals surface area contributed by atoms with E-state index in [0.717, 1.165) is 6.07 Å². The number of carbonyl (C=O) groups is 1. The molecule has 0 aliphatic carbocycles. The van der Waals surface area contributed by atoms with Gasteiger partial charge in [-0.3, -0.25) is 0 Å². The third-order valence-corrected chi connectivity index (χ3v) is 5.45. The fourth-order valence-electron chi connectivity index (χ4n) is 1.61. The molecule has 0 unspecified atom stereocenters. The highest BCUT2D eigenvalue weighted by atomic mass is 79.9. The van der Waals surface area contributed by atoms with Crippen LogP contribution in [0, 0.1) is 6.92 Å². The summed E-state index contributed by atoms with van der Waals surface area (Å²) in [5, 5.41) is 11.9. The number of rotatable bonds is 7. The summed E-state index contributed by atoms with van der Waals surface area (Å²) in [6, 6.07) is 2.58. The van der Waals surface area contributed by atoms with Crippen LogP contribution < -0.4 is 10.0 Å². The number of carboxylic acids is 1. The highest BCUT2D eigenvalue weighted by Crippen LogP contribution is 2.27. The molecule has 112 valence electrons. The van der Waals surface area contributed by atoms with Crippen LogP contribution in [0.25, 0.3) is 0 Å². The first-order chi connectivity index (χ1) is 9.29. The molecule has 0 bridgehead atoms. The van der Waals surface area contributed by atoms with E-state index >= 15 is 0 Å². The number of carboxylic acid groups (broad SMARTS) is 1. The Morgan fingerprint density at radius 1 is 1.35 bits per heavy atom. The molecule has 1 aromatic carbocycles. The molecule has 0 aliphatic heterocycles. The average molecular weight is 365 g/mol. The van der Waals surface area contributed by atoms with Crippen LogP contribution in [0.1, 0.15) is 22.3 Å². The fourth-order valence-corrected chi connectivity index (χ4v) is 3.72. The normalized spacial score (nSPS) is 11.6. The van der Waals surface area contributed by atoms with Crippen molar-refractivity contribution in [3.63, 3.8) is 0 Å². The Morgan fingerprint density at radius 2 is 2.00 bits per heavy atom.